The molecule has 0 heterocycles. The molecule has 1 aromatic carbocycles. The monoisotopic (exact) mass is 218 g/mol. The largest absolute Gasteiger partial charge is 0.382 e. The van der Waals surface area contributed by atoms with Crippen LogP contribution in [0.15, 0.2) is 24.3 Å². The molecule has 88 valence electrons. The summed E-state index contributed by atoms with van der Waals surface area (Å²) in [6.07, 6.45) is 5.43. The summed E-state index contributed by atoms with van der Waals surface area (Å²) in [5.41, 5.74) is 2.65. The van der Waals surface area contributed by atoms with E-state index >= 15 is 0 Å². The van der Waals surface area contributed by atoms with Crippen LogP contribution in [0.2, 0.25) is 0 Å². The zero-order valence-corrected chi connectivity index (χ0v) is 10.1. The lowest BCUT2D eigenvalue weighted by atomic mass is 10.1. The van der Waals surface area contributed by atoms with Crippen molar-refractivity contribution >= 4 is 5.69 Å². The number of nitrogens with one attached hydrogen (secondary N) is 2. The lowest BCUT2D eigenvalue weighted by molar-refractivity contribution is 0.725. The molecule has 0 bridgehead atoms. The van der Waals surface area contributed by atoms with Gasteiger partial charge in [-0.2, -0.15) is 0 Å². The van der Waals surface area contributed by atoms with Gasteiger partial charge in [0.1, 0.15) is 0 Å². The second-order valence-electron chi connectivity index (χ2n) is 4.61. The molecule has 1 aliphatic rings. The molecule has 0 aromatic heterocycles. The van der Waals surface area contributed by atoms with Crippen LogP contribution in [0, 0.1) is 0 Å². The van der Waals surface area contributed by atoms with Gasteiger partial charge in [0.05, 0.1) is 0 Å². The maximum Gasteiger partial charge on any atom is 0.0345 e. The fourth-order valence-electron chi connectivity index (χ4n) is 2.35. The molecule has 2 heteroatoms. The summed E-state index contributed by atoms with van der Waals surface area (Å²) >= 11 is 0. The van der Waals surface area contributed by atoms with Gasteiger partial charge in [0.2, 0.25) is 0 Å². The molecule has 2 nitrogen and oxygen atoms in total. The molecule has 0 spiro atoms. The lowest BCUT2D eigenvalue weighted by Gasteiger charge is -2.14. The summed E-state index contributed by atoms with van der Waals surface area (Å²) in [6.45, 7) is 4.14. The highest BCUT2D eigenvalue weighted by Crippen LogP contribution is 2.22. The van der Waals surface area contributed by atoms with E-state index in [1.165, 1.54) is 36.9 Å². The standard InChI is InChI=1S/C14H22N2/c1-2-15-11-12-6-5-9-14(10-12)16-13-7-3-4-8-13/h5-6,9-10,13,15-16H,2-4,7-8,11H2,1H3. The predicted molar refractivity (Wildman–Crippen MR) is 69.7 cm³/mol. The Balaban J connectivity index is 1.92. The van der Waals surface area contributed by atoms with Crippen molar-refractivity contribution < 1.29 is 0 Å². The van der Waals surface area contributed by atoms with Gasteiger partial charge in [-0.15, -0.1) is 0 Å². The van der Waals surface area contributed by atoms with Gasteiger partial charge in [-0.25, -0.2) is 0 Å². The Kier molecular flexibility index (Phi) is 4.23. The first kappa shape index (κ1) is 11.5. The van der Waals surface area contributed by atoms with Crippen molar-refractivity contribution in [3.63, 3.8) is 0 Å². The van der Waals surface area contributed by atoms with Crippen molar-refractivity contribution in [1.82, 2.24) is 5.32 Å². The molecule has 16 heavy (non-hydrogen) atoms. The quantitative estimate of drug-likeness (QED) is 0.793. The third kappa shape index (κ3) is 3.24. The van der Waals surface area contributed by atoms with Crippen LogP contribution in [0.3, 0.4) is 0 Å². The van der Waals surface area contributed by atoms with Crippen LogP contribution in [0.4, 0.5) is 5.69 Å². The maximum absolute atomic E-state index is 3.63. The number of hydrogen-bond donors (Lipinski definition) is 2. The van der Waals surface area contributed by atoms with Crippen LogP contribution in [-0.2, 0) is 6.54 Å². The van der Waals surface area contributed by atoms with Crippen molar-refractivity contribution in [2.24, 2.45) is 0 Å². The van der Waals surface area contributed by atoms with Crippen molar-refractivity contribution in [2.75, 3.05) is 11.9 Å². The number of hydrogen-bond acceptors (Lipinski definition) is 2. The summed E-state index contributed by atoms with van der Waals surface area (Å²) in [7, 11) is 0. The fraction of sp³-hybridized carbons (Fsp3) is 0.571. The predicted octanol–water partition coefficient (Wildman–Crippen LogP) is 3.15. The highest BCUT2D eigenvalue weighted by Gasteiger charge is 2.14. The van der Waals surface area contributed by atoms with Crippen LogP contribution < -0.4 is 10.6 Å². The van der Waals surface area contributed by atoms with E-state index in [-0.39, 0.29) is 0 Å². The van der Waals surface area contributed by atoms with Crippen LogP contribution in [0.25, 0.3) is 0 Å². The Bertz CT molecular complexity index is 316. The summed E-state index contributed by atoms with van der Waals surface area (Å²) in [5.74, 6) is 0. The van der Waals surface area contributed by atoms with Gasteiger partial charge >= 0.3 is 0 Å². The fourth-order valence-corrected chi connectivity index (χ4v) is 2.35. The zero-order chi connectivity index (χ0) is 11.2. The van der Waals surface area contributed by atoms with Crippen LogP contribution in [-0.4, -0.2) is 12.6 Å². The smallest absolute Gasteiger partial charge is 0.0345 e. The average Bonchev–Trinajstić information content (AvgIpc) is 2.80. The van der Waals surface area contributed by atoms with E-state index in [4.69, 9.17) is 0 Å². The van der Waals surface area contributed by atoms with Crippen LogP contribution >= 0.6 is 0 Å². The first-order chi connectivity index (χ1) is 7.88. The first-order valence-electron chi connectivity index (χ1n) is 6.44. The van der Waals surface area contributed by atoms with Gasteiger partial charge in [-0.05, 0) is 37.1 Å². The van der Waals surface area contributed by atoms with Gasteiger partial charge in [-0.1, -0.05) is 31.9 Å². The molecule has 2 rings (SSSR count). The minimum atomic E-state index is 0.703. The van der Waals surface area contributed by atoms with E-state index in [1.807, 2.05) is 0 Å². The van der Waals surface area contributed by atoms with E-state index in [0.29, 0.717) is 6.04 Å². The Morgan fingerprint density at radius 2 is 2.06 bits per heavy atom. The molecule has 0 atom stereocenters. The molecular weight excluding hydrogens is 196 g/mol. The summed E-state index contributed by atoms with van der Waals surface area (Å²) in [6, 6.07) is 9.47. The van der Waals surface area contributed by atoms with Gasteiger partial charge in [0, 0.05) is 18.3 Å². The van der Waals surface area contributed by atoms with Crippen molar-refractivity contribution in [3.05, 3.63) is 29.8 Å². The SMILES string of the molecule is CCNCc1cccc(NC2CCCC2)c1. The second kappa shape index (κ2) is 5.90. The van der Waals surface area contributed by atoms with Crippen molar-refractivity contribution in [3.8, 4) is 0 Å². The Labute approximate surface area is 98.4 Å². The summed E-state index contributed by atoms with van der Waals surface area (Å²) in [4.78, 5) is 0. The number of benzene rings is 1. The van der Waals surface area contributed by atoms with Gasteiger partial charge in [0.25, 0.3) is 0 Å². The van der Waals surface area contributed by atoms with Crippen LogP contribution in [0.5, 0.6) is 0 Å². The number of anilines is 1. The molecule has 0 aliphatic heterocycles. The molecule has 2 N–H and O–H groups in total. The maximum atomic E-state index is 3.63. The molecule has 1 aromatic rings. The highest BCUT2D eigenvalue weighted by molar-refractivity contribution is 5.46. The zero-order valence-electron chi connectivity index (χ0n) is 10.1. The van der Waals surface area contributed by atoms with Gasteiger partial charge in [-0.3, -0.25) is 0 Å². The van der Waals surface area contributed by atoms with Crippen molar-refractivity contribution in [2.45, 2.75) is 45.2 Å². The number of rotatable bonds is 5. The van der Waals surface area contributed by atoms with Gasteiger partial charge in [0.15, 0.2) is 0 Å². The van der Waals surface area contributed by atoms with E-state index in [2.05, 4.69) is 41.8 Å². The van der Waals surface area contributed by atoms with Crippen molar-refractivity contribution in [1.29, 1.82) is 0 Å². The molecular formula is C14H22N2. The molecule has 1 aliphatic carbocycles. The van der Waals surface area contributed by atoms with E-state index in [0.717, 1.165) is 13.1 Å². The van der Waals surface area contributed by atoms with E-state index < -0.39 is 0 Å². The van der Waals surface area contributed by atoms with E-state index in [9.17, 15) is 0 Å². The highest BCUT2D eigenvalue weighted by atomic mass is 14.9. The molecule has 1 fully saturated rings. The normalized spacial score (nSPS) is 16.6. The van der Waals surface area contributed by atoms with Gasteiger partial charge < -0.3 is 10.6 Å². The van der Waals surface area contributed by atoms with E-state index in [1.54, 1.807) is 0 Å². The summed E-state index contributed by atoms with van der Waals surface area (Å²) < 4.78 is 0. The Morgan fingerprint density at radius 1 is 1.25 bits per heavy atom. The van der Waals surface area contributed by atoms with Crippen LogP contribution in [0.1, 0.15) is 38.2 Å². The third-order valence-corrected chi connectivity index (χ3v) is 3.23. The molecule has 0 radical (unpaired) electrons. The Morgan fingerprint density at radius 3 is 2.81 bits per heavy atom. The molecule has 0 saturated heterocycles. The molecule has 0 unspecified atom stereocenters. The topological polar surface area (TPSA) is 24.1 Å². The minimum absolute atomic E-state index is 0.703. The Hall–Kier alpha value is -1.02. The summed E-state index contributed by atoms with van der Waals surface area (Å²) in [5, 5.41) is 6.99. The lowest BCUT2D eigenvalue weighted by Crippen LogP contribution is -2.15. The molecule has 1 saturated carbocycles. The first-order valence-corrected chi connectivity index (χ1v) is 6.44. The molecule has 0 amide bonds. The second-order valence-corrected chi connectivity index (χ2v) is 4.61. The minimum Gasteiger partial charge on any atom is -0.382 e. The third-order valence-electron chi connectivity index (χ3n) is 3.23. The average molecular weight is 218 g/mol.